The van der Waals surface area contributed by atoms with Gasteiger partial charge in [0, 0.05) is 7.05 Å². The summed E-state index contributed by atoms with van der Waals surface area (Å²) < 4.78 is 10.5. The lowest BCUT2D eigenvalue weighted by molar-refractivity contribution is 0.272. The molecule has 0 aliphatic rings. The lowest BCUT2D eigenvalue weighted by Crippen LogP contribution is -2.06. The summed E-state index contributed by atoms with van der Waals surface area (Å²) >= 11 is 0. The van der Waals surface area contributed by atoms with Gasteiger partial charge in [-0.1, -0.05) is 39.0 Å². The van der Waals surface area contributed by atoms with Crippen molar-refractivity contribution in [2.24, 2.45) is 0 Å². The highest BCUT2D eigenvalue weighted by Gasteiger charge is 2.06. The zero-order valence-corrected chi connectivity index (χ0v) is 12.1. The first-order valence-corrected chi connectivity index (χ1v) is 6.90. The summed E-state index contributed by atoms with van der Waals surface area (Å²) in [5.41, 5.74) is 0. The summed E-state index contributed by atoms with van der Waals surface area (Å²) in [5.74, 6) is 0.449. The molecule has 0 radical (unpaired) electrons. The van der Waals surface area contributed by atoms with Gasteiger partial charge in [-0.05, 0) is 6.42 Å². The monoisotopic (exact) mass is 268 g/mol. The molecule has 1 aromatic heterocycles. The first-order chi connectivity index (χ1) is 9.30. The predicted molar refractivity (Wildman–Crippen MR) is 74.8 cm³/mol. The maximum Gasteiger partial charge on any atom is 0.324 e. The molecule has 0 bridgehead atoms. The lowest BCUT2D eigenvalue weighted by atomic mass is 10.1. The number of unbranched alkanes of at least 4 members (excludes halogenated alkanes) is 5. The van der Waals surface area contributed by atoms with Crippen LogP contribution in [0.15, 0.2) is 0 Å². The highest BCUT2D eigenvalue weighted by atomic mass is 16.5. The standard InChI is InChI=1S/C13H24N4O2/c1-4-5-6-7-8-9-10-19-13-16-11(14-2)15-12(17-13)18-3/h4-10H2,1-3H3,(H,14,15,16,17). The fraction of sp³-hybridized carbons (Fsp3) is 0.769. The number of ether oxygens (including phenoxy) is 2. The molecule has 0 fully saturated rings. The Morgan fingerprint density at radius 3 is 2.32 bits per heavy atom. The van der Waals surface area contributed by atoms with E-state index in [1.165, 1.54) is 39.2 Å². The van der Waals surface area contributed by atoms with Crippen molar-refractivity contribution >= 4 is 5.95 Å². The van der Waals surface area contributed by atoms with Crippen molar-refractivity contribution < 1.29 is 9.47 Å². The van der Waals surface area contributed by atoms with E-state index in [9.17, 15) is 0 Å². The van der Waals surface area contributed by atoms with Crippen molar-refractivity contribution in [1.29, 1.82) is 0 Å². The molecule has 0 aliphatic carbocycles. The van der Waals surface area contributed by atoms with E-state index in [-0.39, 0.29) is 6.01 Å². The Bertz CT molecular complexity index is 338. The summed E-state index contributed by atoms with van der Waals surface area (Å²) in [6, 6.07) is 0.571. The normalized spacial score (nSPS) is 10.3. The van der Waals surface area contributed by atoms with E-state index in [0.29, 0.717) is 18.6 Å². The second-order valence-corrected chi connectivity index (χ2v) is 4.29. The van der Waals surface area contributed by atoms with Crippen molar-refractivity contribution in [2.45, 2.75) is 45.4 Å². The average Bonchev–Trinajstić information content (AvgIpc) is 2.45. The quantitative estimate of drug-likeness (QED) is 0.658. The van der Waals surface area contributed by atoms with E-state index < -0.39 is 0 Å². The van der Waals surface area contributed by atoms with Crippen molar-refractivity contribution in [3.05, 3.63) is 0 Å². The maximum absolute atomic E-state index is 5.52. The first-order valence-electron chi connectivity index (χ1n) is 6.90. The Labute approximate surface area is 115 Å². The average molecular weight is 268 g/mol. The van der Waals surface area contributed by atoms with Crippen molar-refractivity contribution in [3.63, 3.8) is 0 Å². The van der Waals surface area contributed by atoms with Gasteiger partial charge in [0.1, 0.15) is 0 Å². The molecule has 1 rings (SSSR count). The second-order valence-electron chi connectivity index (χ2n) is 4.29. The third-order valence-electron chi connectivity index (χ3n) is 2.73. The fourth-order valence-corrected chi connectivity index (χ4v) is 1.65. The summed E-state index contributed by atoms with van der Waals surface area (Å²) in [4.78, 5) is 12.2. The number of anilines is 1. The smallest absolute Gasteiger partial charge is 0.324 e. The van der Waals surface area contributed by atoms with Gasteiger partial charge in [-0.25, -0.2) is 0 Å². The van der Waals surface area contributed by atoms with Gasteiger partial charge in [0.05, 0.1) is 13.7 Å². The second kappa shape index (κ2) is 9.35. The zero-order valence-electron chi connectivity index (χ0n) is 12.1. The van der Waals surface area contributed by atoms with Crippen LogP contribution in [-0.2, 0) is 0 Å². The molecule has 1 aromatic rings. The van der Waals surface area contributed by atoms with Gasteiger partial charge in [0.2, 0.25) is 5.95 Å². The minimum atomic E-state index is 0.261. The summed E-state index contributed by atoms with van der Waals surface area (Å²) in [6.45, 7) is 2.85. The SMILES string of the molecule is CCCCCCCCOc1nc(NC)nc(OC)n1. The Kier molecular flexibility index (Phi) is 7.62. The van der Waals surface area contributed by atoms with Crippen LogP contribution < -0.4 is 14.8 Å². The van der Waals surface area contributed by atoms with Crippen molar-refractivity contribution in [3.8, 4) is 12.0 Å². The third kappa shape index (κ3) is 6.22. The molecule has 6 heteroatoms. The molecule has 0 unspecified atom stereocenters. The van der Waals surface area contributed by atoms with Crippen LogP contribution in [0.3, 0.4) is 0 Å². The van der Waals surface area contributed by atoms with Crippen molar-refractivity contribution in [1.82, 2.24) is 15.0 Å². The molecule has 108 valence electrons. The van der Waals surface area contributed by atoms with Crippen LogP contribution in [0, 0.1) is 0 Å². The Hall–Kier alpha value is -1.59. The van der Waals surface area contributed by atoms with Gasteiger partial charge in [-0.3, -0.25) is 0 Å². The van der Waals surface area contributed by atoms with Crippen LogP contribution >= 0.6 is 0 Å². The van der Waals surface area contributed by atoms with Crippen LogP contribution in [0.5, 0.6) is 12.0 Å². The number of hydrogen-bond donors (Lipinski definition) is 1. The number of aromatic nitrogens is 3. The van der Waals surface area contributed by atoms with Gasteiger partial charge in [0.15, 0.2) is 0 Å². The molecular weight excluding hydrogens is 244 g/mol. The van der Waals surface area contributed by atoms with Crippen LogP contribution in [0.1, 0.15) is 45.4 Å². The maximum atomic E-state index is 5.52. The van der Waals surface area contributed by atoms with Crippen LogP contribution in [0.4, 0.5) is 5.95 Å². The van der Waals surface area contributed by atoms with E-state index in [1.807, 2.05) is 0 Å². The fourth-order valence-electron chi connectivity index (χ4n) is 1.65. The molecule has 0 amide bonds. The highest BCUT2D eigenvalue weighted by molar-refractivity contribution is 5.26. The zero-order chi connectivity index (χ0) is 13.9. The number of hydrogen-bond acceptors (Lipinski definition) is 6. The minimum Gasteiger partial charge on any atom is -0.467 e. The lowest BCUT2D eigenvalue weighted by Gasteiger charge is -2.07. The van der Waals surface area contributed by atoms with Crippen LogP contribution in [0.2, 0.25) is 0 Å². The van der Waals surface area contributed by atoms with Gasteiger partial charge >= 0.3 is 12.0 Å². The van der Waals surface area contributed by atoms with Gasteiger partial charge in [-0.15, -0.1) is 4.98 Å². The molecule has 0 saturated carbocycles. The number of methoxy groups -OCH3 is 1. The molecule has 0 spiro atoms. The molecule has 1 N–H and O–H groups in total. The molecule has 0 saturated heterocycles. The van der Waals surface area contributed by atoms with Crippen LogP contribution in [0.25, 0.3) is 0 Å². The Morgan fingerprint density at radius 2 is 1.63 bits per heavy atom. The van der Waals surface area contributed by atoms with E-state index in [1.54, 1.807) is 7.05 Å². The predicted octanol–water partition coefficient (Wildman–Crippen LogP) is 2.66. The highest BCUT2D eigenvalue weighted by Crippen LogP contribution is 2.12. The summed E-state index contributed by atoms with van der Waals surface area (Å²) in [7, 11) is 3.26. The number of nitrogens with one attached hydrogen (secondary N) is 1. The minimum absolute atomic E-state index is 0.261. The molecule has 6 nitrogen and oxygen atoms in total. The molecule has 0 aromatic carbocycles. The van der Waals surface area contributed by atoms with E-state index in [2.05, 4.69) is 27.2 Å². The molecule has 0 atom stereocenters. The summed E-state index contributed by atoms with van der Waals surface area (Å²) in [5, 5.41) is 2.84. The van der Waals surface area contributed by atoms with Gasteiger partial charge in [-0.2, -0.15) is 9.97 Å². The first kappa shape index (κ1) is 15.5. The van der Waals surface area contributed by atoms with E-state index >= 15 is 0 Å². The van der Waals surface area contributed by atoms with E-state index in [0.717, 1.165) is 6.42 Å². The third-order valence-corrected chi connectivity index (χ3v) is 2.73. The Balaban J connectivity index is 2.28. The summed E-state index contributed by atoms with van der Waals surface area (Å²) in [6.07, 6.45) is 7.36. The number of nitrogens with zero attached hydrogens (tertiary/aromatic N) is 3. The molecular formula is C13H24N4O2. The van der Waals surface area contributed by atoms with Gasteiger partial charge < -0.3 is 14.8 Å². The molecule has 1 heterocycles. The largest absolute Gasteiger partial charge is 0.467 e. The van der Waals surface area contributed by atoms with Crippen LogP contribution in [-0.4, -0.2) is 35.7 Å². The van der Waals surface area contributed by atoms with Crippen molar-refractivity contribution in [2.75, 3.05) is 26.1 Å². The number of rotatable bonds is 10. The molecule has 0 aliphatic heterocycles. The van der Waals surface area contributed by atoms with E-state index in [4.69, 9.17) is 9.47 Å². The Morgan fingerprint density at radius 1 is 0.947 bits per heavy atom. The topological polar surface area (TPSA) is 69.2 Å². The van der Waals surface area contributed by atoms with Gasteiger partial charge in [0.25, 0.3) is 0 Å². The molecule has 19 heavy (non-hydrogen) atoms.